The first kappa shape index (κ1) is 20.6. The minimum atomic E-state index is -3.22. The number of nitrogens with one attached hydrogen (secondary N) is 1. The molecular weight excluding hydrogens is 396 g/mol. The average Bonchev–Trinajstić information content (AvgIpc) is 3.15. The molecule has 3 aromatic rings. The third-order valence-corrected chi connectivity index (χ3v) is 4.68. The first-order valence-corrected chi connectivity index (χ1v) is 10.6. The van der Waals surface area contributed by atoms with Gasteiger partial charge in [0.25, 0.3) is 0 Å². The molecule has 0 saturated carbocycles. The number of pyridine rings is 1. The molecule has 0 unspecified atom stereocenters. The summed E-state index contributed by atoms with van der Waals surface area (Å²) in [5.41, 5.74) is 2.48. The second-order valence-electron chi connectivity index (χ2n) is 6.08. The molecule has 0 aliphatic rings. The summed E-state index contributed by atoms with van der Waals surface area (Å²) in [6.45, 7) is 0.435. The normalized spacial score (nSPS) is 11.3. The summed E-state index contributed by atoms with van der Waals surface area (Å²) in [7, 11) is -0.101. The summed E-state index contributed by atoms with van der Waals surface area (Å²) in [6.07, 6.45) is 2.78. The number of rotatable bonds is 9. The summed E-state index contributed by atoms with van der Waals surface area (Å²) in [5, 5.41) is 4.45. The maximum Gasteiger partial charge on any atom is 0.233 e. The van der Waals surface area contributed by atoms with Crippen LogP contribution < -0.4 is 18.9 Å². The van der Waals surface area contributed by atoms with Gasteiger partial charge in [0.15, 0.2) is 0 Å². The van der Waals surface area contributed by atoms with E-state index in [-0.39, 0.29) is 13.2 Å². The molecule has 1 N–H and O–H groups in total. The summed E-state index contributed by atoms with van der Waals surface area (Å²) in [5.74, 6) is 1.62. The zero-order valence-corrected chi connectivity index (χ0v) is 17.1. The van der Waals surface area contributed by atoms with Crippen LogP contribution in [-0.2, 0) is 10.0 Å². The Hall–Kier alpha value is -3.11. The van der Waals surface area contributed by atoms with E-state index in [2.05, 4.69) is 14.8 Å². The zero-order chi connectivity index (χ0) is 20.9. The number of hydrogen-bond acceptors (Lipinski definition) is 7. The smallest absolute Gasteiger partial charge is 0.233 e. The standard InChI is InChI=1S/C19H22N4O5S/c1-26-18-9-6-15(13-20-18)23-17(12-19(22-23)27-2)14-4-7-16(8-5-14)28-11-10-21-29(3,24)25/h4-9,12-13,21H,10-11H2,1-3H3. The second kappa shape index (κ2) is 8.93. The molecule has 154 valence electrons. The molecule has 0 aliphatic heterocycles. The molecule has 0 bridgehead atoms. The predicted molar refractivity (Wildman–Crippen MR) is 108 cm³/mol. The average molecular weight is 418 g/mol. The van der Waals surface area contributed by atoms with Gasteiger partial charge in [0, 0.05) is 24.2 Å². The van der Waals surface area contributed by atoms with Gasteiger partial charge in [-0.3, -0.25) is 0 Å². The van der Waals surface area contributed by atoms with Crippen LogP contribution in [0.25, 0.3) is 16.9 Å². The maximum atomic E-state index is 11.1. The van der Waals surface area contributed by atoms with Gasteiger partial charge < -0.3 is 14.2 Å². The van der Waals surface area contributed by atoms with Gasteiger partial charge in [0.2, 0.25) is 21.8 Å². The number of nitrogens with zero attached hydrogens (tertiary/aromatic N) is 3. The van der Waals surface area contributed by atoms with Crippen LogP contribution in [0.3, 0.4) is 0 Å². The number of methoxy groups -OCH3 is 2. The molecule has 2 aromatic heterocycles. The maximum absolute atomic E-state index is 11.1. The Morgan fingerprint density at radius 1 is 1.03 bits per heavy atom. The van der Waals surface area contributed by atoms with Crippen LogP contribution in [-0.4, -0.2) is 56.8 Å². The largest absolute Gasteiger partial charge is 0.492 e. The molecule has 0 radical (unpaired) electrons. The van der Waals surface area contributed by atoms with Crippen molar-refractivity contribution in [2.45, 2.75) is 0 Å². The van der Waals surface area contributed by atoms with Crippen LogP contribution in [0.5, 0.6) is 17.5 Å². The molecule has 0 atom stereocenters. The molecule has 29 heavy (non-hydrogen) atoms. The number of ether oxygens (including phenoxy) is 3. The van der Waals surface area contributed by atoms with Crippen LogP contribution >= 0.6 is 0 Å². The fourth-order valence-electron chi connectivity index (χ4n) is 2.60. The van der Waals surface area contributed by atoms with Gasteiger partial charge >= 0.3 is 0 Å². The Morgan fingerprint density at radius 2 is 1.76 bits per heavy atom. The minimum Gasteiger partial charge on any atom is -0.492 e. The molecule has 0 spiro atoms. The predicted octanol–water partition coefficient (Wildman–Crippen LogP) is 1.88. The number of hydrogen-bond donors (Lipinski definition) is 1. The first-order chi connectivity index (χ1) is 13.9. The van der Waals surface area contributed by atoms with Crippen molar-refractivity contribution >= 4 is 10.0 Å². The third kappa shape index (κ3) is 5.46. The number of benzene rings is 1. The lowest BCUT2D eigenvalue weighted by Crippen LogP contribution is -2.26. The fourth-order valence-corrected chi connectivity index (χ4v) is 3.05. The minimum absolute atomic E-state index is 0.203. The Morgan fingerprint density at radius 3 is 2.34 bits per heavy atom. The van der Waals surface area contributed by atoms with Gasteiger partial charge in [0.05, 0.1) is 38.1 Å². The van der Waals surface area contributed by atoms with Crippen molar-refractivity contribution in [3.05, 3.63) is 48.7 Å². The quantitative estimate of drug-likeness (QED) is 0.529. The topological polar surface area (TPSA) is 105 Å². The van der Waals surface area contributed by atoms with E-state index < -0.39 is 10.0 Å². The third-order valence-electron chi connectivity index (χ3n) is 3.96. The highest BCUT2D eigenvalue weighted by atomic mass is 32.2. The van der Waals surface area contributed by atoms with Crippen molar-refractivity contribution in [2.75, 3.05) is 33.6 Å². The summed E-state index contributed by atoms with van der Waals surface area (Å²) in [4.78, 5) is 4.22. The molecule has 0 fully saturated rings. The van der Waals surface area contributed by atoms with Gasteiger partial charge in [-0.2, -0.15) is 0 Å². The molecule has 10 heteroatoms. The zero-order valence-electron chi connectivity index (χ0n) is 16.3. The van der Waals surface area contributed by atoms with E-state index in [1.165, 1.54) is 0 Å². The highest BCUT2D eigenvalue weighted by Gasteiger charge is 2.13. The van der Waals surface area contributed by atoms with Crippen molar-refractivity contribution < 1.29 is 22.6 Å². The Bertz CT molecular complexity index is 1050. The molecular formula is C19H22N4O5S. The molecule has 9 nitrogen and oxygen atoms in total. The van der Waals surface area contributed by atoms with E-state index in [0.29, 0.717) is 17.5 Å². The van der Waals surface area contributed by atoms with Gasteiger partial charge in [-0.15, -0.1) is 5.10 Å². The van der Waals surface area contributed by atoms with E-state index >= 15 is 0 Å². The summed E-state index contributed by atoms with van der Waals surface area (Å²) < 4.78 is 42.2. The van der Waals surface area contributed by atoms with Crippen molar-refractivity contribution in [2.24, 2.45) is 0 Å². The van der Waals surface area contributed by atoms with E-state index in [1.54, 1.807) is 31.2 Å². The van der Waals surface area contributed by atoms with E-state index in [4.69, 9.17) is 14.2 Å². The molecule has 2 heterocycles. The van der Waals surface area contributed by atoms with Crippen LogP contribution in [0.4, 0.5) is 0 Å². The van der Waals surface area contributed by atoms with Gasteiger partial charge in [-0.05, 0) is 30.3 Å². The van der Waals surface area contributed by atoms with Crippen molar-refractivity contribution in [1.29, 1.82) is 0 Å². The van der Waals surface area contributed by atoms with Crippen molar-refractivity contribution in [3.8, 4) is 34.5 Å². The monoisotopic (exact) mass is 418 g/mol. The SMILES string of the molecule is COc1ccc(-n2nc(OC)cc2-c2ccc(OCCNS(C)(=O)=O)cc2)cn1. The number of sulfonamides is 1. The van der Waals surface area contributed by atoms with E-state index in [0.717, 1.165) is 23.2 Å². The van der Waals surface area contributed by atoms with Crippen molar-refractivity contribution in [3.63, 3.8) is 0 Å². The van der Waals surface area contributed by atoms with Gasteiger partial charge in [0.1, 0.15) is 12.4 Å². The summed E-state index contributed by atoms with van der Waals surface area (Å²) >= 11 is 0. The number of aromatic nitrogens is 3. The van der Waals surface area contributed by atoms with Crippen LogP contribution in [0.15, 0.2) is 48.7 Å². The van der Waals surface area contributed by atoms with E-state index in [9.17, 15) is 8.42 Å². The van der Waals surface area contributed by atoms with Crippen LogP contribution in [0, 0.1) is 0 Å². The Balaban J connectivity index is 1.78. The highest BCUT2D eigenvalue weighted by Crippen LogP contribution is 2.28. The molecule has 0 aliphatic carbocycles. The van der Waals surface area contributed by atoms with Crippen LogP contribution in [0.1, 0.15) is 0 Å². The summed E-state index contributed by atoms with van der Waals surface area (Å²) in [6, 6.07) is 12.9. The van der Waals surface area contributed by atoms with Gasteiger partial charge in [-0.25, -0.2) is 22.8 Å². The Labute approximate surface area is 169 Å². The lowest BCUT2D eigenvalue weighted by Gasteiger charge is -2.09. The molecule has 0 amide bonds. The lowest BCUT2D eigenvalue weighted by molar-refractivity contribution is 0.323. The van der Waals surface area contributed by atoms with E-state index in [1.807, 2.05) is 36.4 Å². The Kier molecular flexibility index (Phi) is 6.35. The fraction of sp³-hybridized carbons (Fsp3) is 0.263. The molecule has 3 rings (SSSR count). The highest BCUT2D eigenvalue weighted by molar-refractivity contribution is 7.88. The molecule has 1 aromatic carbocycles. The molecule has 0 saturated heterocycles. The lowest BCUT2D eigenvalue weighted by atomic mass is 10.1. The van der Waals surface area contributed by atoms with Crippen molar-refractivity contribution in [1.82, 2.24) is 19.5 Å². The van der Waals surface area contributed by atoms with Gasteiger partial charge in [-0.1, -0.05) is 0 Å². The van der Waals surface area contributed by atoms with Crippen LogP contribution in [0.2, 0.25) is 0 Å². The second-order valence-corrected chi connectivity index (χ2v) is 7.91. The first-order valence-electron chi connectivity index (χ1n) is 8.72.